The van der Waals surface area contributed by atoms with Crippen LogP contribution in [0.2, 0.25) is 0 Å². The summed E-state index contributed by atoms with van der Waals surface area (Å²) < 4.78 is 0. The molecule has 0 aliphatic carbocycles. The molecule has 0 radical (unpaired) electrons. The number of aryl methyl sites for hydroxylation is 1. The minimum absolute atomic E-state index is 0.170. The van der Waals surface area contributed by atoms with Crippen molar-refractivity contribution in [2.75, 3.05) is 6.54 Å². The molecule has 2 rings (SSSR count). The lowest BCUT2D eigenvalue weighted by Crippen LogP contribution is -2.29. The van der Waals surface area contributed by atoms with E-state index in [0.717, 1.165) is 5.56 Å². The topological polar surface area (TPSA) is 71.5 Å². The van der Waals surface area contributed by atoms with Crippen molar-refractivity contribution in [3.63, 3.8) is 0 Å². The number of carbonyl (C=O) groups is 2. The van der Waals surface area contributed by atoms with E-state index in [1.54, 1.807) is 19.1 Å². The summed E-state index contributed by atoms with van der Waals surface area (Å²) in [7, 11) is 0. The Kier molecular flexibility index (Phi) is 3.91. The molecule has 0 N–H and O–H groups in total. The molecule has 0 spiro atoms. The monoisotopic (exact) mass is 233 g/mol. The van der Waals surface area contributed by atoms with Crippen LogP contribution < -0.4 is 0 Å². The van der Waals surface area contributed by atoms with Gasteiger partial charge in [-0.1, -0.05) is 11.6 Å². The van der Waals surface area contributed by atoms with Crippen LogP contribution in [0.1, 0.15) is 33.2 Å². The van der Waals surface area contributed by atoms with Gasteiger partial charge in [0.2, 0.25) is 0 Å². The summed E-state index contributed by atoms with van der Waals surface area (Å²) in [6.45, 7) is 4.15. The van der Waals surface area contributed by atoms with Crippen molar-refractivity contribution < 1.29 is 19.2 Å². The smallest absolute Gasteiger partial charge is 0.275 e. The maximum atomic E-state index is 11.7. The Bertz CT molecular complexity index is 501. The molecular formula is C12H11NO4. The molecule has 2 amide bonds. The van der Waals surface area contributed by atoms with Crippen LogP contribution in [-0.4, -0.2) is 29.4 Å². The second-order valence-corrected chi connectivity index (χ2v) is 3.49. The summed E-state index contributed by atoms with van der Waals surface area (Å²) >= 11 is 0. The number of hydrogen-bond donors (Lipinski definition) is 0. The first kappa shape index (κ1) is 12.8. The first-order valence-corrected chi connectivity index (χ1v) is 5.03. The molecule has 0 bridgehead atoms. The number of amides is 2. The van der Waals surface area contributed by atoms with Crippen LogP contribution in [0.4, 0.5) is 0 Å². The molecule has 5 nitrogen and oxygen atoms in total. The third kappa shape index (κ3) is 2.29. The molecule has 0 atom stereocenters. The van der Waals surface area contributed by atoms with E-state index in [2.05, 4.69) is 0 Å². The van der Waals surface area contributed by atoms with Crippen LogP contribution in [0.25, 0.3) is 0 Å². The van der Waals surface area contributed by atoms with E-state index in [4.69, 9.17) is 9.59 Å². The Morgan fingerprint density at radius 2 is 1.65 bits per heavy atom. The highest BCUT2D eigenvalue weighted by Gasteiger charge is 2.33. The van der Waals surface area contributed by atoms with Crippen molar-refractivity contribution in [1.29, 1.82) is 0 Å². The zero-order valence-corrected chi connectivity index (χ0v) is 9.52. The van der Waals surface area contributed by atoms with E-state index in [1.807, 2.05) is 13.0 Å². The predicted octanol–water partition coefficient (Wildman–Crippen LogP) is 1.03. The van der Waals surface area contributed by atoms with E-state index >= 15 is 0 Å². The van der Waals surface area contributed by atoms with E-state index < -0.39 is 0 Å². The Balaban J connectivity index is 0.000000437. The van der Waals surface area contributed by atoms with Gasteiger partial charge in [0, 0.05) is 6.54 Å². The largest absolute Gasteiger partial charge is 0.373 e. The second kappa shape index (κ2) is 5.18. The van der Waals surface area contributed by atoms with Crippen molar-refractivity contribution >= 4 is 18.0 Å². The Labute approximate surface area is 98.0 Å². The number of hydrogen-bond acceptors (Lipinski definition) is 4. The number of nitrogens with zero attached hydrogens (tertiary/aromatic N) is 1. The molecule has 1 heterocycles. The van der Waals surface area contributed by atoms with Gasteiger partial charge >= 0.3 is 6.15 Å². The number of benzene rings is 1. The molecule has 0 unspecified atom stereocenters. The number of imide groups is 1. The lowest BCUT2D eigenvalue weighted by atomic mass is 10.1. The predicted molar refractivity (Wildman–Crippen MR) is 57.2 cm³/mol. The molecule has 5 heteroatoms. The summed E-state index contributed by atoms with van der Waals surface area (Å²) in [5.74, 6) is -0.344. The first-order chi connectivity index (χ1) is 8.06. The number of fused-ring (bicyclic) bond motifs is 1. The molecule has 0 aromatic heterocycles. The highest BCUT2D eigenvalue weighted by atomic mass is 16.2. The normalized spacial score (nSPS) is 12.7. The van der Waals surface area contributed by atoms with Gasteiger partial charge in [0.15, 0.2) is 0 Å². The van der Waals surface area contributed by atoms with Gasteiger partial charge in [-0.3, -0.25) is 14.5 Å². The molecule has 0 fully saturated rings. The van der Waals surface area contributed by atoms with E-state index in [0.29, 0.717) is 17.7 Å². The molecule has 1 aromatic carbocycles. The summed E-state index contributed by atoms with van der Waals surface area (Å²) in [4.78, 5) is 40.9. The van der Waals surface area contributed by atoms with E-state index in [-0.39, 0.29) is 18.0 Å². The maximum Gasteiger partial charge on any atom is 0.373 e. The third-order valence-corrected chi connectivity index (χ3v) is 2.44. The summed E-state index contributed by atoms with van der Waals surface area (Å²) in [6.07, 6.45) is 0.250. The zero-order chi connectivity index (χ0) is 13.0. The lowest BCUT2D eigenvalue weighted by Gasteiger charge is -2.08. The van der Waals surface area contributed by atoms with Crippen molar-refractivity contribution in [3.05, 3.63) is 34.9 Å². The van der Waals surface area contributed by atoms with Crippen molar-refractivity contribution in [1.82, 2.24) is 4.90 Å². The molecule has 1 aliphatic rings. The summed E-state index contributed by atoms with van der Waals surface area (Å²) in [5.41, 5.74) is 2.07. The fraction of sp³-hybridized carbons (Fsp3) is 0.250. The SMILES string of the molecule is CCN1C(=O)c2ccc(C)cc2C1=O.O=C=O. The fourth-order valence-corrected chi connectivity index (χ4v) is 1.69. The molecule has 17 heavy (non-hydrogen) atoms. The minimum atomic E-state index is -0.174. The molecule has 0 saturated carbocycles. The molecule has 1 aromatic rings. The van der Waals surface area contributed by atoms with Gasteiger partial charge in [0.05, 0.1) is 11.1 Å². The average molecular weight is 233 g/mol. The molecule has 0 saturated heterocycles. The van der Waals surface area contributed by atoms with Gasteiger partial charge in [0.1, 0.15) is 0 Å². The van der Waals surface area contributed by atoms with Crippen molar-refractivity contribution in [2.24, 2.45) is 0 Å². The first-order valence-electron chi connectivity index (χ1n) is 5.03. The summed E-state index contributed by atoms with van der Waals surface area (Å²) in [5, 5.41) is 0. The maximum absolute atomic E-state index is 11.7. The van der Waals surface area contributed by atoms with Gasteiger partial charge in [-0.2, -0.15) is 9.59 Å². The van der Waals surface area contributed by atoms with Crippen molar-refractivity contribution in [3.8, 4) is 0 Å². The molecule has 88 valence electrons. The van der Waals surface area contributed by atoms with Crippen LogP contribution >= 0.6 is 0 Å². The van der Waals surface area contributed by atoms with Crippen LogP contribution in [0.5, 0.6) is 0 Å². The van der Waals surface area contributed by atoms with Gasteiger partial charge in [0.25, 0.3) is 11.8 Å². The fourth-order valence-electron chi connectivity index (χ4n) is 1.69. The van der Waals surface area contributed by atoms with Gasteiger partial charge in [-0.25, -0.2) is 0 Å². The van der Waals surface area contributed by atoms with Crippen LogP contribution in [0, 0.1) is 6.92 Å². The molecule has 1 aliphatic heterocycles. The van der Waals surface area contributed by atoms with Gasteiger partial charge < -0.3 is 0 Å². The second-order valence-electron chi connectivity index (χ2n) is 3.49. The van der Waals surface area contributed by atoms with Crippen LogP contribution in [0.15, 0.2) is 18.2 Å². The Hall–Kier alpha value is -2.26. The van der Waals surface area contributed by atoms with Crippen LogP contribution in [0.3, 0.4) is 0 Å². The van der Waals surface area contributed by atoms with E-state index in [1.165, 1.54) is 4.90 Å². The Morgan fingerprint density at radius 3 is 2.18 bits per heavy atom. The van der Waals surface area contributed by atoms with E-state index in [9.17, 15) is 9.59 Å². The van der Waals surface area contributed by atoms with Crippen LogP contribution in [-0.2, 0) is 9.59 Å². The Morgan fingerprint density at radius 1 is 1.12 bits per heavy atom. The van der Waals surface area contributed by atoms with Crippen molar-refractivity contribution in [2.45, 2.75) is 13.8 Å². The minimum Gasteiger partial charge on any atom is -0.275 e. The molecular weight excluding hydrogens is 222 g/mol. The highest BCUT2D eigenvalue weighted by Crippen LogP contribution is 2.23. The number of carbonyl (C=O) groups excluding carboxylic acids is 4. The highest BCUT2D eigenvalue weighted by molar-refractivity contribution is 6.21. The third-order valence-electron chi connectivity index (χ3n) is 2.44. The average Bonchev–Trinajstić information content (AvgIpc) is 2.52. The standard InChI is InChI=1S/C11H11NO2.CO2/c1-3-12-10(13)8-5-4-7(2)6-9(8)11(12)14;2-1-3/h4-6H,3H2,1-2H3;. The quantitative estimate of drug-likeness (QED) is 0.679. The van der Waals surface area contributed by atoms with Gasteiger partial charge in [-0.15, -0.1) is 0 Å². The lowest BCUT2D eigenvalue weighted by molar-refractivity contribution is -0.191. The van der Waals surface area contributed by atoms with Gasteiger partial charge in [-0.05, 0) is 26.0 Å². The zero-order valence-electron chi connectivity index (χ0n) is 9.52. The number of rotatable bonds is 1. The summed E-state index contributed by atoms with van der Waals surface area (Å²) in [6, 6.07) is 5.34.